The second kappa shape index (κ2) is 13.0. The van der Waals surface area contributed by atoms with Crippen LogP contribution in [-0.4, -0.2) is 80.2 Å². The number of rotatable bonds is 10. The molecule has 3 N–H and O–H groups in total. The first-order valence-corrected chi connectivity index (χ1v) is 17.7. The van der Waals surface area contributed by atoms with Crippen molar-refractivity contribution < 1.29 is 19.1 Å². The Kier molecular flexibility index (Phi) is 9.11. The van der Waals surface area contributed by atoms with Crippen molar-refractivity contribution >= 4 is 58.0 Å². The van der Waals surface area contributed by atoms with Crippen molar-refractivity contribution in [1.82, 2.24) is 20.5 Å². The van der Waals surface area contributed by atoms with Gasteiger partial charge in [-0.2, -0.15) is 4.98 Å². The molecule has 0 bridgehead atoms. The van der Waals surface area contributed by atoms with E-state index in [4.69, 9.17) is 24.1 Å². The van der Waals surface area contributed by atoms with Gasteiger partial charge in [0.05, 0.1) is 29.1 Å². The maximum atomic E-state index is 5.84. The summed E-state index contributed by atoms with van der Waals surface area (Å²) in [4.78, 5) is 25.3. The third-order valence-corrected chi connectivity index (χ3v) is 10.1. The number of halogens is 1. The minimum absolute atomic E-state index is 0.413. The summed E-state index contributed by atoms with van der Waals surface area (Å²) >= 11 is 3.60. The van der Waals surface area contributed by atoms with E-state index in [1.165, 1.54) is 11.3 Å². The van der Waals surface area contributed by atoms with Gasteiger partial charge in [0.15, 0.2) is 5.75 Å². The lowest BCUT2D eigenvalue weighted by Crippen LogP contribution is -2.58. The van der Waals surface area contributed by atoms with Gasteiger partial charge >= 0.3 is 0 Å². The Morgan fingerprint density at radius 1 is 1.12 bits per heavy atom. The van der Waals surface area contributed by atoms with Crippen LogP contribution in [0.3, 0.4) is 0 Å². The predicted molar refractivity (Wildman–Crippen MR) is 175 cm³/mol. The molecule has 3 aliphatic heterocycles. The molecule has 3 aromatic rings. The van der Waals surface area contributed by atoms with Gasteiger partial charge in [-0.15, -0.1) is 0 Å². The molecule has 3 aliphatic rings. The Labute approximate surface area is 262 Å². The van der Waals surface area contributed by atoms with Crippen LogP contribution < -0.4 is 40.9 Å². The van der Waals surface area contributed by atoms with Crippen LogP contribution in [0.25, 0.3) is 0 Å². The zero-order chi connectivity index (χ0) is 30.1. The van der Waals surface area contributed by atoms with Gasteiger partial charge in [-0.3, -0.25) is 4.90 Å². The summed E-state index contributed by atoms with van der Waals surface area (Å²) in [5.74, 6) is 3.20. The van der Waals surface area contributed by atoms with E-state index in [1.807, 2.05) is 12.1 Å². The summed E-state index contributed by atoms with van der Waals surface area (Å²) in [5.41, 5.74) is 6.59. The van der Waals surface area contributed by atoms with Crippen molar-refractivity contribution in [2.45, 2.75) is 38.8 Å². The number of fused-ring (bicyclic) bond motifs is 1. The van der Waals surface area contributed by atoms with Crippen LogP contribution in [0, 0.1) is 6.92 Å². The molecule has 0 spiro atoms. The highest BCUT2D eigenvalue weighted by Crippen LogP contribution is 2.42. The van der Waals surface area contributed by atoms with Gasteiger partial charge in [0, 0.05) is 67.7 Å². The number of aryl methyl sites for hydroxylation is 1. The fourth-order valence-electron chi connectivity index (χ4n) is 6.01. The highest BCUT2D eigenvalue weighted by molar-refractivity contribution is 9.10. The Morgan fingerprint density at radius 2 is 1.91 bits per heavy atom. The quantitative estimate of drug-likeness (QED) is 0.245. The Bertz CT molecular complexity index is 1460. The van der Waals surface area contributed by atoms with Crippen LogP contribution in [0.15, 0.2) is 34.9 Å². The highest BCUT2D eigenvalue weighted by atomic mass is 79.9. The minimum Gasteiger partial charge on any atom is -0.494 e. The van der Waals surface area contributed by atoms with Gasteiger partial charge in [-0.05, 0) is 79.7 Å². The molecule has 1 aromatic heterocycles. The zero-order valence-electron chi connectivity index (χ0n) is 25.2. The number of nitrogens with one attached hydrogen (secondary N) is 3. The second-order valence-electron chi connectivity index (χ2n) is 11.2. The number of hydrogen-bond donors (Lipinski definition) is 3. The average molecular weight is 673 g/mol. The molecule has 11 nitrogen and oxygen atoms in total. The van der Waals surface area contributed by atoms with E-state index >= 15 is 0 Å². The molecule has 0 atom stereocenters. The Hall–Kier alpha value is -2.89. The summed E-state index contributed by atoms with van der Waals surface area (Å²) in [6.07, 6.45) is 4.46. The number of likely N-dealkylation sites (tertiary alicyclic amines) is 1. The number of ether oxygens (including phenoxy) is 2. The number of aromatic nitrogens is 2. The van der Waals surface area contributed by atoms with E-state index in [-0.39, 0.29) is 0 Å². The monoisotopic (exact) mass is 671 g/mol. The molecule has 230 valence electrons. The molecule has 0 unspecified atom stereocenters. The molecule has 0 aliphatic carbocycles. The van der Waals surface area contributed by atoms with E-state index in [0.29, 0.717) is 35.4 Å². The van der Waals surface area contributed by atoms with Crippen LogP contribution in [0.2, 0.25) is 0 Å². The molecular weight excluding hydrogens is 633 g/mol. The van der Waals surface area contributed by atoms with Gasteiger partial charge in [0.1, 0.15) is 11.6 Å². The molecule has 0 radical (unpaired) electrons. The fraction of sp³-hybridized carbons (Fsp3) is 0.467. The normalized spacial score (nSPS) is 17.3. The largest absolute Gasteiger partial charge is 0.494 e. The lowest BCUT2D eigenvalue weighted by Gasteiger charge is -2.47. The number of anilines is 5. The molecular formula is C30H39BrN7O4P. The van der Waals surface area contributed by atoms with E-state index in [2.05, 4.69) is 86.3 Å². The summed E-state index contributed by atoms with van der Waals surface area (Å²) in [5, 5.41) is 7.90. The van der Waals surface area contributed by atoms with E-state index in [1.54, 1.807) is 13.3 Å². The van der Waals surface area contributed by atoms with E-state index < -0.39 is 7.92 Å². The SMILES string of the molecule is CCOC1CN(C2CCN(c3cc(OC)c(Nc4ncc(Br)c(Nc5ccc6c(c5P(C)C)ONO6)n4)cc3C)CC2)C1. The molecule has 0 saturated carbocycles. The van der Waals surface area contributed by atoms with Gasteiger partial charge < -0.3 is 34.7 Å². The van der Waals surface area contributed by atoms with E-state index in [0.717, 1.165) is 72.5 Å². The molecule has 43 heavy (non-hydrogen) atoms. The Balaban J connectivity index is 1.16. The van der Waals surface area contributed by atoms with Crippen molar-refractivity contribution in [3.63, 3.8) is 0 Å². The lowest BCUT2D eigenvalue weighted by molar-refractivity contribution is -0.0712. The van der Waals surface area contributed by atoms with Crippen LogP contribution >= 0.6 is 23.9 Å². The third kappa shape index (κ3) is 6.35. The fourth-order valence-corrected chi connectivity index (χ4v) is 7.48. The maximum Gasteiger partial charge on any atom is 0.229 e. The third-order valence-electron chi connectivity index (χ3n) is 8.20. The summed E-state index contributed by atoms with van der Waals surface area (Å²) in [6, 6.07) is 8.73. The smallest absolute Gasteiger partial charge is 0.229 e. The average Bonchev–Trinajstić information content (AvgIpc) is 3.45. The lowest BCUT2D eigenvalue weighted by atomic mass is 9.97. The highest BCUT2D eigenvalue weighted by Gasteiger charge is 2.34. The first kappa shape index (κ1) is 30.1. The molecule has 6 rings (SSSR count). The summed E-state index contributed by atoms with van der Waals surface area (Å²) in [6.45, 7) is 13.5. The van der Waals surface area contributed by atoms with Gasteiger partial charge in [-0.1, -0.05) is 7.92 Å². The Morgan fingerprint density at radius 3 is 2.63 bits per heavy atom. The first-order valence-electron chi connectivity index (χ1n) is 14.6. The minimum atomic E-state index is -0.509. The molecule has 2 aromatic carbocycles. The van der Waals surface area contributed by atoms with Gasteiger partial charge in [-0.25, -0.2) is 4.98 Å². The van der Waals surface area contributed by atoms with Gasteiger partial charge in [0.2, 0.25) is 11.7 Å². The standard InChI is InChI=1S/C30H39BrN7O4P/c1-6-40-20-16-38(17-20)19-9-11-37(12-10-19)24-14-26(39-3)23(13-18(24)2)34-30-32-15-21(31)29(35-30)33-22-7-8-25-27(42-36-41-25)28(22)43(4)5/h7-8,13-15,19-20,36H,6,9-12,16-17H2,1-5H3,(H2,32,33,34,35). The maximum absolute atomic E-state index is 5.84. The summed E-state index contributed by atoms with van der Waals surface area (Å²) < 4.78 is 12.3. The number of hydrogen-bond acceptors (Lipinski definition) is 11. The zero-order valence-corrected chi connectivity index (χ0v) is 27.7. The first-order chi connectivity index (χ1) is 20.8. The molecule has 13 heteroatoms. The van der Waals surface area contributed by atoms with Crippen molar-refractivity contribution in [2.24, 2.45) is 0 Å². The molecule has 2 fully saturated rings. The van der Waals surface area contributed by atoms with Crippen LogP contribution in [0.4, 0.5) is 28.8 Å². The van der Waals surface area contributed by atoms with Crippen molar-refractivity contribution in [1.29, 1.82) is 0 Å². The predicted octanol–water partition coefficient (Wildman–Crippen LogP) is 5.29. The molecule has 0 amide bonds. The van der Waals surface area contributed by atoms with Crippen molar-refractivity contribution in [3.05, 3.63) is 40.5 Å². The number of methoxy groups -OCH3 is 1. The number of nitrogens with zero attached hydrogens (tertiary/aromatic N) is 4. The number of benzene rings is 2. The number of piperidine rings is 1. The van der Waals surface area contributed by atoms with Gasteiger partial charge in [0.25, 0.3) is 0 Å². The topological polar surface area (TPSA) is 105 Å². The summed E-state index contributed by atoms with van der Waals surface area (Å²) in [7, 11) is 1.19. The second-order valence-corrected chi connectivity index (χ2v) is 14.3. The van der Waals surface area contributed by atoms with Crippen LogP contribution in [-0.2, 0) is 4.74 Å². The molecule has 4 heterocycles. The molecule has 2 saturated heterocycles. The van der Waals surface area contributed by atoms with E-state index in [9.17, 15) is 0 Å². The van der Waals surface area contributed by atoms with Crippen molar-refractivity contribution in [2.75, 3.05) is 68.8 Å². The van der Waals surface area contributed by atoms with Crippen LogP contribution in [0.1, 0.15) is 25.3 Å². The van der Waals surface area contributed by atoms with Crippen molar-refractivity contribution in [3.8, 4) is 17.2 Å². The van der Waals surface area contributed by atoms with Crippen LogP contribution in [0.5, 0.6) is 17.2 Å².